The van der Waals surface area contributed by atoms with E-state index in [2.05, 4.69) is 20.0 Å². The summed E-state index contributed by atoms with van der Waals surface area (Å²) in [4.78, 5) is 31.9. The van der Waals surface area contributed by atoms with Gasteiger partial charge in [0.15, 0.2) is 5.78 Å². The number of ether oxygens (including phenoxy) is 1. The summed E-state index contributed by atoms with van der Waals surface area (Å²) in [7, 11) is 0. The standard InChI is InChI=1S/C17H12F3N3O3S/c1-16(2)8-6-21-15(25)23-11(8)13-12(14(16)24)22-9-4-3-7(5-10(9)27-13)26-17(18,19)20/h3-6,22H,1-2H3,(H,21,23,25). The molecule has 1 aliphatic heterocycles. The maximum Gasteiger partial charge on any atom is 0.573 e. The second-order valence-electron chi connectivity index (χ2n) is 6.57. The number of carbonyl (C=O) groups is 1. The normalized spacial score (nSPS) is 17.6. The maximum absolute atomic E-state index is 13.0. The number of Topliss-reactive ketones (excluding diaryl/α,β-unsaturated/α-hetero) is 1. The molecule has 0 saturated heterocycles. The molecule has 0 radical (unpaired) electrons. The number of anilines is 1. The first-order valence-electron chi connectivity index (χ1n) is 7.80. The van der Waals surface area contributed by atoms with E-state index in [1.54, 1.807) is 13.8 Å². The molecule has 6 nitrogen and oxygen atoms in total. The first-order valence-corrected chi connectivity index (χ1v) is 8.62. The number of aromatic amines is 1. The molecule has 1 aromatic carbocycles. The average molecular weight is 395 g/mol. The number of fused-ring (bicyclic) bond motifs is 3. The Hall–Kier alpha value is -2.75. The number of ketones is 1. The number of H-pyrrole nitrogens is 1. The number of allylic oxidation sites excluding steroid dienone is 1. The first kappa shape index (κ1) is 17.7. The lowest BCUT2D eigenvalue weighted by Crippen LogP contribution is -2.39. The Bertz CT molecular complexity index is 1070. The van der Waals surface area contributed by atoms with Crippen molar-refractivity contribution in [2.75, 3.05) is 5.32 Å². The summed E-state index contributed by atoms with van der Waals surface area (Å²) in [5.74, 6) is -0.571. The molecule has 0 spiro atoms. The summed E-state index contributed by atoms with van der Waals surface area (Å²) in [6, 6.07) is 3.81. The molecular formula is C17H12F3N3O3S. The van der Waals surface area contributed by atoms with Crippen LogP contribution in [-0.2, 0) is 10.2 Å². The molecule has 0 unspecified atom stereocenters. The lowest BCUT2D eigenvalue weighted by atomic mass is 9.75. The van der Waals surface area contributed by atoms with Crippen molar-refractivity contribution in [1.82, 2.24) is 9.97 Å². The van der Waals surface area contributed by atoms with E-state index >= 15 is 0 Å². The van der Waals surface area contributed by atoms with Gasteiger partial charge in [0.25, 0.3) is 0 Å². The zero-order valence-electron chi connectivity index (χ0n) is 14.0. The van der Waals surface area contributed by atoms with Crippen molar-refractivity contribution < 1.29 is 22.7 Å². The number of halogens is 3. The number of rotatable bonds is 1. The number of hydrogen-bond donors (Lipinski definition) is 2. The third-order valence-electron chi connectivity index (χ3n) is 4.39. The predicted molar refractivity (Wildman–Crippen MR) is 92.4 cm³/mol. The highest BCUT2D eigenvalue weighted by molar-refractivity contribution is 8.08. The van der Waals surface area contributed by atoms with Gasteiger partial charge in [-0.1, -0.05) is 11.8 Å². The van der Waals surface area contributed by atoms with Crippen LogP contribution in [0.2, 0.25) is 0 Å². The highest BCUT2D eigenvalue weighted by Crippen LogP contribution is 2.51. The molecule has 140 valence electrons. The topological polar surface area (TPSA) is 84.1 Å². The number of thioether (sulfide) groups is 1. The lowest BCUT2D eigenvalue weighted by Gasteiger charge is -2.35. The summed E-state index contributed by atoms with van der Waals surface area (Å²) in [5, 5.41) is 2.98. The van der Waals surface area contributed by atoms with Gasteiger partial charge >= 0.3 is 12.1 Å². The molecule has 1 aromatic heterocycles. The summed E-state index contributed by atoms with van der Waals surface area (Å²) >= 11 is 1.09. The lowest BCUT2D eigenvalue weighted by molar-refractivity contribution is -0.274. The van der Waals surface area contributed by atoms with Gasteiger partial charge in [0, 0.05) is 16.7 Å². The molecule has 2 N–H and O–H groups in total. The number of carbonyl (C=O) groups excluding carboxylic acids is 1. The van der Waals surface area contributed by atoms with E-state index in [4.69, 9.17) is 0 Å². The van der Waals surface area contributed by atoms with Gasteiger partial charge in [0.1, 0.15) is 5.75 Å². The Balaban J connectivity index is 1.83. The fourth-order valence-electron chi connectivity index (χ4n) is 3.06. The number of aromatic nitrogens is 2. The van der Waals surface area contributed by atoms with Crippen molar-refractivity contribution in [3.05, 3.63) is 51.8 Å². The van der Waals surface area contributed by atoms with Gasteiger partial charge < -0.3 is 15.0 Å². The quantitative estimate of drug-likeness (QED) is 0.770. The molecule has 0 bridgehead atoms. The van der Waals surface area contributed by atoms with Gasteiger partial charge in [-0.2, -0.15) is 0 Å². The van der Waals surface area contributed by atoms with Crippen LogP contribution in [0.15, 0.2) is 39.8 Å². The van der Waals surface area contributed by atoms with Crippen molar-refractivity contribution in [3.8, 4) is 5.75 Å². The van der Waals surface area contributed by atoms with Crippen molar-refractivity contribution in [1.29, 1.82) is 0 Å². The van der Waals surface area contributed by atoms with Crippen LogP contribution in [0.25, 0.3) is 4.91 Å². The Kier molecular flexibility index (Phi) is 3.68. The minimum Gasteiger partial charge on any atom is -0.406 e. The highest BCUT2D eigenvalue weighted by atomic mass is 32.2. The van der Waals surface area contributed by atoms with Crippen molar-refractivity contribution in [2.24, 2.45) is 0 Å². The van der Waals surface area contributed by atoms with E-state index < -0.39 is 17.5 Å². The Morgan fingerprint density at radius 2 is 1.96 bits per heavy atom. The van der Waals surface area contributed by atoms with Crippen LogP contribution in [0.5, 0.6) is 5.75 Å². The molecular weight excluding hydrogens is 383 g/mol. The molecule has 0 saturated carbocycles. The Labute approximate surface area is 154 Å². The van der Waals surface area contributed by atoms with Crippen molar-refractivity contribution in [3.63, 3.8) is 0 Å². The third-order valence-corrected chi connectivity index (χ3v) is 5.56. The van der Waals surface area contributed by atoms with Crippen LogP contribution in [0, 0.1) is 0 Å². The SMILES string of the molecule is CC1(C)C(=O)C2=C(Sc3cc(OC(F)(F)F)ccc3N2)c2[nH]c(=O)ncc21. The Morgan fingerprint density at radius 1 is 1.22 bits per heavy atom. The van der Waals surface area contributed by atoms with Gasteiger partial charge in [-0.25, -0.2) is 9.78 Å². The van der Waals surface area contributed by atoms with E-state index in [0.717, 1.165) is 11.8 Å². The van der Waals surface area contributed by atoms with E-state index in [9.17, 15) is 22.8 Å². The van der Waals surface area contributed by atoms with Crippen molar-refractivity contribution in [2.45, 2.75) is 30.5 Å². The zero-order chi connectivity index (χ0) is 19.6. The number of nitrogens with zero attached hydrogens (tertiary/aromatic N) is 1. The summed E-state index contributed by atoms with van der Waals surface area (Å²) < 4.78 is 41.4. The second kappa shape index (κ2) is 5.62. The fraction of sp³-hybridized carbons (Fsp3) is 0.235. The maximum atomic E-state index is 13.0. The van der Waals surface area contributed by atoms with E-state index in [-0.39, 0.29) is 17.2 Å². The number of hydrogen-bond acceptors (Lipinski definition) is 6. The second-order valence-corrected chi connectivity index (χ2v) is 7.62. The van der Waals surface area contributed by atoms with E-state index in [1.165, 1.54) is 24.4 Å². The van der Waals surface area contributed by atoms with E-state index in [1.807, 2.05) is 0 Å². The molecule has 2 heterocycles. The molecule has 2 aromatic rings. The Morgan fingerprint density at radius 3 is 2.67 bits per heavy atom. The first-order chi connectivity index (χ1) is 12.6. The number of alkyl halides is 3. The van der Waals surface area contributed by atoms with Gasteiger partial charge in [-0.3, -0.25) is 4.79 Å². The summed E-state index contributed by atoms with van der Waals surface area (Å²) in [5.41, 5.74) is 0.251. The van der Waals surface area contributed by atoms with Gasteiger partial charge in [0.2, 0.25) is 0 Å². The van der Waals surface area contributed by atoms with Crippen LogP contribution in [0.3, 0.4) is 0 Å². The minimum absolute atomic E-state index is 0.201. The average Bonchev–Trinajstić information content (AvgIpc) is 2.57. The molecule has 27 heavy (non-hydrogen) atoms. The minimum atomic E-state index is -4.81. The summed E-state index contributed by atoms with van der Waals surface area (Å²) in [6.45, 7) is 3.44. The van der Waals surface area contributed by atoms with Crippen LogP contribution in [0.1, 0.15) is 25.1 Å². The van der Waals surface area contributed by atoms with Crippen LogP contribution in [0.4, 0.5) is 18.9 Å². The monoisotopic (exact) mass is 395 g/mol. The van der Waals surface area contributed by atoms with E-state index in [0.29, 0.717) is 26.7 Å². The van der Waals surface area contributed by atoms with Crippen LogP contribution >= 0.6 is 11.8 Å². The van der Waals surface area contributed by atoms with Gasteiger partial charge in [0.05, 0.1) is 27.4 Å². The molecule has 4 rings (SSSR count). The highest BCUT2D eigenvalue weighted by Gasteiger charge is 2.43. The molecule has 0 fully saturated rings. The summed E-state index contributed by atoms with van der Waals surface area (Å²) in [6.07, 6.45) is -3.45. The fourth-order valence-corrected chi connectivity index (χ4v) is 4.19. The molecule has 2 aliphatic rings. The number of benzene rings is 1. The van der Waals surface area contributed by atoms with Gasteiger partial charge in [-0.05, 0) is 32.0 Å². The molecule has 0 amide bonds. The molecule has 0 atom stereocenters. The largest absolute Gasteiger partial charge is 0.573 e. The van der Waals surface area contributed by atoms with Crippen LogP contribution < -0.4 is 15.7 Å². The molecule has 1 aliphatic carbocycles. The van der Waals surface area contributed by atoms with Gasteiger partial charge in [-0.15, -0.1) is 13.2 Å². The molecule has 10 heteroatoms. The smallest absolute Gasteiger partial charge is 0.406 e. The van der Waals surface area contributed by atoms with Crippen LogP contribution in [-0.4, -0.2) is 22.1 Å². The zero-order valence-corrected chi connectivity index (χ0v) is 14.8. The predicted octanol–water partition coefficient (Wildman–Crippen LogP) is 3.42. The number of nitrogens with one attached hydrogen (secondary N) is 2. The van der Waals surface area contributed by atoms with Crippen molar-refractivity contribution >= 4 is 28.1 Å². The third kappa shape index (κ3) is 2.89.